The third-order valence-electron chi connectivity index (χ3n) is 5.29. The average molecular weight is 308 g/mol. The Bertz CT molecular complexity index is 892. The molecule has 1 saturated heterocycles. The molecule has 1 aliphatic heterocycles. The topological polar surface area (TPSA) is 31.6 Å². The van der Waals surface area contributed by atoms with E-state index in [0.717, 1.165) is 33.0 Å². The Morgan fingerprint density at radius 1 is 0.826 bits per heavy atom. The van der Waals surface area contributed by atoms with Gasteiger partial charge in [-0.05, 0) is 52.2 Å². The number of hydrogen-bond acceptors (Lipinski definition) is 3. The summed E-state index contributed by atoms with van der Waals surface area (Å²) in [6, 6.07) is 12.2. The van der Waals surface area contributed by atoms with Gasteiger partial charge >= 0.3 is 7.12 Å². The Hall–Kier alpha value is -1.78. The number of fused-ring (bicyclic) bond motifs is 3. The van der Waals surface area contributed by atoms with Crippen molar-refractivity contribution in [3.05, 3.63) is 42.0 Å². The van der Waals surface area contributed by atoms with E-state index < -0.39 is 0 Å². The Morgan fingerprint density at radius 2 is 1.48 bits per heavy atom. The van der Waals surface area contributed by atoms with Crippen molar-refractivity contribution < 1.29 is 13.7 Å². The average Bonchev–Trinajstić information content (AvgIpc) is 2.94. The van der Waals surface area contributed by atoms with Crippen LogP contribution in [0.1, 0.15) is 33.3 Å². The molecule has 0 atom stereocenters. The predicted molar refractivity (Wildman–Crippen MR) is 94.2 cm³/mol. The second-order valence-corrected chi connectivity index (χ2v) is 7.36. The normalized spacial score (nSPS) is 19.8. The lowest BCUT2D eigenvalue weighted by Crippen LogP contribution is -2.41. The summed E-state index contributed by atoms with van der Waals surface area (Å²) in [6.45, 7) is 10.4. The summed E-state index contributed by atoms with van der Waals surface area (Å²) in [5.74, 6) is 0. The maximum Gasteiger partial charge on any atom is 0.495 e. The molecule has 1 aromatic heterocycles. The van der Waals surface area contributed by atoms with E-state index in [2.05, 4.69) is 46.8 Å². The van der Waals surface area contributed by atoms with Crippen LogP contribution in [0.25, 0.3) is 21.9 Å². The third-order valence-corrected chi connectivity index (χ3v) is 5.29. The molecule has 4 rings (SSSR count). The summed E-state index contributed by atoms with van der Waals surface area (Å²) in [5.41, 5.74) is 3.29. The van der Waals surface area contributed by atoms with Crippen LogP contribution in [-0.4, -0.2) is 18.3 Å². The summed E-state index contributed by atoms with van der Waals surface area (Å²) in [7, 11) is -0.385. The molecule has 0 spiro atoms. The van der Waals surface area contributed by atoms with Gasteiger partial charge in [0.15, 0.2) is 0 Å². The Labute approximate surface area is 136 Å². The first-order valence-electron chi connectivity index (χ1n) is 8.06. The monoisotopic (exact) mass is 308 g/mol. The van der Waals surface area contributed by atoms with Crippen LogP contribution >= 0.6 is 0 Å². The van der Waals surface area contributed by atoms with Crippen LogP contribution in [0, 0.1) is 6.92 Å². The van der Waals surface area contributed by atoms with Gasteiger partial charge in [0, 0.05) is 10.8 Å². The van der Waals surface area contributed by atoms with Crippen molar-refractivity contribution in [1.29, 1.82) is 0 Å². The molecular formula is C19H21BO3. The van der Waals surface area contributed by atoms with Crippen LogP contribution in [0.3, 0.4) is 0 Å². The Balaban J connectivity index is 1.99. The van der Waals surface area contributed by atoms with Crippen LogP contribution in [0.15, 0.2) is 40.8 Å². The molecule has 0 saturated carbocycles. The zero-order valence-electron chi connectivity index (χ0n) is 14.3. The fraction of sp³-hybridized carbons (Fsp3) is 0.368. The molecule has 0 aliphatic carbocycles. The van der Waals surface area contributed by atoms with Gasteiger partial charge in [-0.1, -0.05) is 29.8 Å². The third kappa shape index (κ3) is 2.05. The maximum absolute atomic E-state index is 6.29. The minimum atomic E-state index is -0.385. The van der Waals surface area contributed by atoms with E-state index >= 15 is 0 Å². The number of furan rings is 1. The van der Waals surface area contributed by atoms with Crippen LogP contribution in [0.2, 0.25) is 0 Å². The van der Waals surface area contributed by atoms with E-state index in [-0.39, 0.29) is 18.3 Å². The number of para-hydroxylation sites is 1. The smallest absolute Gasteiger partial charge is 0.456 e. The lowest BCUT2D eigenvalue weighted by atomic mass is 9.73. The number of benzene rings is 2. The van der Waals surface area contributed by atoms with Gasteiger partial charge in [0.2, 0.25) is 0 Å². The molecule has 0 N–H and O–H groups in total. The highest BCUT2D eigenvalue weighted by Gasteiger charge is 2.52. The van der Waals surface area contributed by atoms with Crippen LogP contribution in [0.4, 0.5) is 0 Å². The molecule has 0 amide bonds. The summed E-state index contributed by atoms with van der Waals surface area (Å²) in [4.78, 5) is 0. The molecule has 2 aromatic carbocycles. The molecule has 3 nitrogen and oxygen atoms in total. The summed E-state index contributed by atoms with van der Waals surface area (Å²) in [5, 5.41) is 2.20. The van der Waals surface area contributed by atoms with Crippen LogP contribution in [-0.2, 0) is 9.31 Å². The fourth-order valence-electron chi connectivity index (χ4n) is 3.21. The number of rotatable bonds is 1. The lowest BCUT2D eigenvalue weighted by Gasteiger charge is -2.32. The first-order chi connectivity index (χ1) is 10.8. The maximum atomic E-state index is 6.29. The van der Waals surface area contributed by atoms with Crippen molar-refractivity contribution in [1.82, 2.24) is 0 Å². The first kappa shape index (κ1) is 14.8. The lowest BCUT2D eigenvalue weighted by molar-refractivity contribution is 0.00578. The SMILES string of the molecule is Cc1ccc2oc3ccccc3c2c1B1OC(C)(C)C(C)(C)O1. The van der Waals surface area contributed by atoms with E-state index in [1.165, 1.54) is 0 Å². The standard InChI is InChI=1S/C19H21BO3/c1-12-10-11-15-16(13-8-6-7-9-14(13)21-15)17(12)20-22-18(2,3)19(4,5)23-20/h6-11H,1-5H3. The quantitative estimate of drug-likeness (QED) is 0.632. The molecule has 4 heteroatoms. The van der Waals surface area contributed by atoms with Crippen molar-refractivity contribution >= 4 is 34.5 Å². The minimum Gasteiger partial charge on any atom is -0.456 e. The molecule has 23 heavy (non-hydrogen) atoms. The van der Waals surface area contributed by atoms with Crippen LogP contribution in [0.5, 0.6) is 0 Å². The Kier molecular flexibility index (Phi) is 2.97. The van der Waals surface area contributed by atoms with Gasteiger partial charge in [0.25, 0.3) is 0 Å². The second kappa shape index (κ2) is 4.62. The highest BCUT2D eigenvalue weighted by molar-refractivity contribution is 6.66. The van der Waals surface area contributed by atoms with Gasteiger partial charge in [0.1, 0.15) is 11.2 Å². The summed E-state index contributed by atoms with van der Waals surface area (Å²) in [6.07, 6.45) is 0. The molecule has 2 heterocycles. The Morgan fingerprint density at radius 3 is 2.17 bits per heavy atom. The van der Waals surface area contributed by atoms with Gasteiger partial charge in [-0.25, -0.2) is 0 Å². The van der Waals surface area contributed by atoms with Crippen LogP contribution < -0.4 is 5.46 Å². The predicted octanol–water partition coefficient (Wildman–Crippen LogP) is 4.19. The molecule has 1 aliphatic rings. The molecule has 3 aromatic rings. The van der Waals surface area contributed by atoms with E-state index in [1.807, 2.05) is 24.3 Å². The zero-order chi connectivity index (χ0) is 16.4. The molecule has 0 unspecified atom stereocenters. The molecule has 0 bridgehead atoms. The van der Waals surface area contributed by atoms with Crippen molar-refractivity contribution in [3.8, 4) is 0 Å². The summed E-state index contributed by atoms with van der Waals surface area (Å²) >= 11 is 0. The molecule has 118 valence electrons. The fourth-order valence-corrected chi connectivity index (χ4v) is 3.21. The number of aryl methyl sites for hydroxylation is 1. The zero-order valence-corrected chi connectivity index (χ0v) is 14.3. The molecular weight excluding hydrogens is 287 g/mol. The largest absolute Gasteiger partial charge is 0.495 e. The minimum absolute atomic E-state index is 0.355. The molecule has 0 radical (unpaired) electrons. The highest BCUT2D eigenvalue weighted by Crippen LogP contribution is 2.38. The van der Waals surface area contributed by atoms with Crippen molar-refractivity contribution in [3.63, 3.8) is 0 Å². The van der Waals surface area contributed by atoms with Gasteiger partial charge in [-0.15, -0.1) is 0 Å². The van der Waals surface area contributed by atoms with Crippen molar-refractivity contribution in [2.45, 2.75) is 45.8 Å². The van der Waals surface area contributed by atoms with E-state index in [9.17, 15) is 0 Å². The summed E-state index contributed by atoms with van der Waals surface area (Å²) < 4.78 is 18.6. The second-order valence-electron chi connectivity index (χ2n) is 7.36. The molecule has 1 fully saturated rings. The van der Waals surface area contributed by atoms with E-state index in [0.29, 0.717) is 0 Å². The van der Waals surface area contributed by atoms with Gasteiger partial charge < -0.3 is 13.7 Å². The number of hydrogen-bond donors (Lipinski definition) is 0. The van der Waals surface area contributed by atoms with E-state index in [1.54, 1.807) is 0 Å². The van der Waals surface area contributed by atoms with Gasteiger partial charge in [-0.2, -0.15) is 0 Å². The van der Waals surface area contributed by atoms with Crippen molar-refractivity contribution in [2.24, 2.45) is 0 Å². The van der Waals surface area contributed by atoms with Crippen molar-refractivity contribution in [2.75, 3.05) is 0 Å². The van der Waals surface area contributed by atoms with Gasteiger partial charge in [0.05, 0.1) is 11.2 Å². The van der Waals surface area contributed by atoms with E-state index in [4.69, 9.17) is 13.7 Å². The first-order valence-corrected chi connectivity index (χ1v) is 8.06. The van der Waals surface area contributed by atoms with Gasteiger partial charge in [-0.3, -0.25) is 0 Å². The highest BCUT2D eigenvalue weighted by atomic mass is 16.7.